The Bertz CT molecular complexity index is 647. The summed E-state index contributed by atoms with van der Waals surface area (Å²) in [4.78, 5) is 18.2. The standard InChI is InChI=1S/C16H23F2NO.C2H2O4/c1-15(2,19)14-5-3-4-8-16(14,20)10-11-9-12(17)6-7-13(11)18;3-1(4)2(5)6/h6-7,9,14,20H,3-5,8,10,19H2,1-2H3;(H,3,4)(H,5,6)/t14-,16+;/m0./s1. The molecule has 0 unspecified atom stereocenters. The summed E-state index contributed by atoms with van der Waals surface area (Å²) < 4.78 is 27.1. The number of carboxylic acids is 2. The number of carboxylic acid groups (broad SMARTS) is 2. The molecule has 2 atom stereocenters. The number of hydrogen-bond donors (Lipinski definition) is 4. The van der Waals surface area contributed by atoms with Crippen LogP contribution in [-0.2, 0) is 16.0 Å². The number of aliphatic hydroxyl groups is 1. The predicted molar refractivity (Wildman–Crippen MR) is 90.5 cm³/mol. The van der Waals surface area contributed by atoms with Crippen LogP contribution >= 0.6 is 0 Å². The Morgan fingerprint density at radius 3 is 2.31 bits per heavy atom. The maximum absolute atomic E-state index is 13.8. The molecule has 0 heterocycles. The van der Waals surface area contributed by atoms with Crippen molar-refractivity contribution >= 4 is 11.9 Å². The fraction of sp³-hybridized carbons (Fsp3) is 0.556. The molecule has 0 aliphatic heterocycles. The van der Waals surface area contributed by atoms with Crippen LogP contribution in [0.3, 0.4) is 0 Å². The summed E-state index contributed by atoms with van der Waals surface area (Å²) in [5.74, 6) is -4.72. The predicted octanol–water partition coefficient (Wildman–Crippen LogP) is 2.32. The minimum atomic E-state index is -1.82. The Morgan fingerprint density at radius 1 is 1.23 bits per heavy atom. The fourth-order valence-corrected chi connectivity index (χ4v) is 3.51. The maximum Gasteiger partial charge on any atom is 0.414 e. The van der Waals surface area contributed by atoms with Crippen LogP contribution in [0.5, 0.6) is 0 Å². The molecular weight excluding hydrogens is 348 g/mol. The summed E-state index contributed by atoms with van der Waals surface area (Å²) >= 11 is 0. The number of rotatable bonds is 3. The first-order chi connectivity index (χ1) is 11.9. The van der Waals surface area contributed by atoms with Gasteiger partial charge in [0.05, 0.1) is 5.60 Å². The Morgan fingerprint density at radius 2 is 1.81 bits per heavy atom. The van der Waals surface area contributed by atoms with Gasteiger partial charge in [-0.15, -0.1) is 0 Å². The molecule has 0 bridgehead atoms. The first-order valence-electron chi connectivity index (χ1n) is 8.28. The SMILES string of the molecule is CC(C)(N)[C@@H]1CCCC[C@@]1(O)Cc1cc(F)ccc1F.O=C(O)C(=O)O. The summed E-state index contributed by atoms with van der Waals surface area (Å²) in [6.07, 6.45) is 3.41. The van der Waals surface area contributed by atoms with E-state index < -0.39 is 34.7 Å². The van der Waals surface area contributed by atoms with E-state index in [0.717, 1.165) is 31.4 Å². The third kappa shape index (κ3) is 6.03. The van der Waals surface area contributed by atoms with Crippen LogP contribution in [0.1, 0.15) is 45.1 Å². The second-order valence-electron chi connectivity index (χ2n) is 7.25. The second-order valence-corrected chi connectivity index (χ2v) is 7.25. The van der Waals surface area contributed by atoms with Crippen LogP contribution in [0.25, 0.3) is 0 Å². The van der Waals surface area contributed by atoms with Crippen LogP contribution in [0, 0.1) is 17.6 Å². The van der Waals surface area contributed by atoms with Crippen molar-refractivity contribution in [2.75, 3.05) is 0 Å². The van der Waals surface area contributed by atoms with E-state index in [4.69, 9.17) is 25.5 Å². The number of nitrogens with two attached hydrogens (primary N) is 1. The van der Waals surface area contributed by atoms with Gasteiger partial charge in [-0.2, -0.15) is 0 Å². The molecule has 146 valence electrons. The molecule has 8 heteroatoms. The van der Waals surface area contributed by atoms with Crippen molar-refractivity contribution in [2.45, 2.75) is 57.1 Å². The molecule has 1 aromatic rings. The zero-order valence-electron chi connectivity index (χ0n) is 14.8. The zero-order chi connectivity index (χ0) is 20.1. The average Bonchev–Trinajstić information content (AvgIpc) is 2.50. The Labute approximate surface area is 150 Å². The van der Waals surface area contributed by atoms with Crippen molar-refractivity contribution in [1.29, 1.82) is 0 Å². The van der Waals surface area contributed by atoms with E-state index >= 15 is 0 Å². The highest BCUT2D eigenvalue weighted by Crippen LogP contribution is 2.41. The average molecular weight is 373 g/mol. The van der Waals surface area contributed by atoms with Crippen molar-refractivity contribution in [3.63, 3.8) is 0 Å². The molecule has 0 aromatic heterocycles. The number of halogens is 2. The van der Waals surface area contributed by atoms with Crippen molar-refractivity contribution in [1.82, 2.24) is 0 Å². The smallest absolute Gasteiger partial charge is 0.414 e. The van der Waals surface area contributed by atoms with Gasteiger partial charge in [-0.25, -0.2) is 18.4 Å². The van der Waals surface area contributed by atoms with Crippen LogP contribution in [0.15, 0.2) is 18.2 Å². The van der Waals surface area contributed by atoms with Gasteiger partial charge < -0.3 is 21.1 Å². The van der Waals surface area contributed by atoms with Gasteiger partial charge in [-0.05, 0) is 50.5 Å². The molecule has 1 aromatic carbocycles. The monoisotopic (exact) mass is 373 g/mol. The van der Waals surface area contributed by atoms with Crippen LogP contribution < -0.4 is 5.73 Å². The van der Waals surface area contributed by atoms with Crippen molar-refractivity contribution in [3.8, 4) is 0 Å². The van der Waals surface area contributed by atoms with Gasteiger partial charge in [0.1, 0.15) is 11.6 Å². The van der Waals surface area contributed by atoms with Gasteiger partial charge >= 0.3 is 11.9 Å². The van der Waals surface area contributed by atoms with E-state index in [-0.39, 0.29) is 17.9 Å². The molecule has 1 aliphatic rings. The summed E-state index contributed by atoms with van der Waals surface area (Å²) in [6, 6.07) is 3.37. The van der Waals surface area contributed by atoms with E-state index in [1.807, 2.05) is 13.8 Å². The lowest BCUT2D eigenvalue weighted by atomic mass is 9.65. The molecule has 1 saturated carbocycles. The quantitative estimate of drug-likeness (QED) is 0.604. The van der Waals surface area contributed by atoms with Crippen molar-refractivity contribution in [3.05, 3.63) is 35.4 Å². The van der Waals surface area contributed by atoms with Gasteiger partial charge in [0.15, 0.2) is 0 Å². The van der Waals surface area contributed by atoms with E-state index in [0.29, 0.717) is 6.42 Å². The highest BCUT2D eigenvalue weighted by atomic mass is 19.1. The topological polar surface area (TPSA) is 121 Å². The summed E-state index contributed by atoms with van der Waals surface area (Å²) in [5.41, 5.74) is 4.80. The minimum Gasteiger partial charge on any atom is -0.473 e. The second kappa shape index (κ2) is 8.55. The minimum absolute atomic E-state index is 0.113. The van der Waals surface area contributed by atoms with Crippen LogP contribution in [0.2, 0.25) is 0 Å². The highest BCUT2D eigenvalue weighted by Gasteiger charge is 2.45. The summed E-state index contributed by atoms with van der Waals surface area (Å²) in [6.45, 7) is 3.77. The molecule has 2 rings (SSSR count). The number of carbonyl (C=O) groups is 2. The zero-order valence-corrected chi connectivity index (χ0v) is 14.8. The molecular formula is C18H25F2NO5. The summed E-state index contributed by atoms with van der Waals surface area (Å²) in [5, 5.41) is 25.7. The van der Waals surface area contributed by atoms with E-state index in [1.54, 1.807) is 0 Å². The molecule has 0 saturated heterocycles. The van der Waals surface area contributed by atoms with Gasteiger partial charge in [0.25, 0.3) is 0 Å². The largest absolute Gasteiger partial charge is 0.473 e. The molecule has 6 nitrogen and oxygen atoms in total. The molecule has 1 aliphatic carbocycles. The van der Waals surface area contributed by atoms with Gasteiger partial charge in [-0.1, -0.05) is 12.8 Å². The maximum atomic E-state index is 13.8. The number of hydrogen-bond acceptors (Lipinski definition) is 4. The lowest BCUT2D eigenvalue weighted by Crippen LogP contribution is -2.56. The van der Waals surface area contributed by atoms with Crippen molar-refractivity contribution in [2.24, 2.45) is 11.7 Å². The normalized spacial score (nSPS) is 22.9. The number of benzene rings is 1. The summed E-state index contributed by atoms with van der Waals surface area (Å²) in [7, 11) is 0. The molecule has 1 fully saturated rings. The van der Waals surface area contributed by atoms with Crippen LogP contribution in [-0.4, -0.2) is 38.4 Å². The Kier molecular flexibility index (Phi) is 7.23. The van der Waals surface area contributed by atoms with E-state index in [2.05, 4.69) is 0 Å². The highest BCUT2D eigenvalue weighted by molar-refractivity contribution is 6.27. The fourth-order valence-electron chi connectivity index (χ4n) is 3.51. The van der Waals surface area contributed by atoms with Gasteiger partial charge in [0.2, 0.25) is 0 Å². The van der Waals surface area contributed by atoms with E-state index in [1.165, 1.54) is 6.07 Å². The van der Waals surface area contributed by atoms with E-state index in [9.17, 15) is 13.9 Å². The van der Waals surface area contributed by atoms with Crippen molar-refractivity contribution < 1.29 is 33.7 Å². The Hall–Kier alpha value is -2.06. The Balaban J connectivity index is 0.000000487. The molecule has 5 N–H and O–H groups in total. The molecule has 26 heavy (non-hydrogen) atoms. The molecule has 0 amide bonds. The first kappa shape index (κ1) is 22.0. The van der Waals surface area contributed by atoms with Gasteiger partial charge in [0, 0.05) is 17.9 Å². The lowest BCUT2D eigenvalue weighted by molar-refractivity contribution is -0.159. The lowest BCUT2D eigenvalue weighted by Gasteiger charge is -2.46. The first-order valence-corrected chi connectivity index (χ1v) is 8.28. The van der Waals surface area contributed by atoms with Gasteiger partial charge in [-0.3, -0.25) is 0 Å². The van der Waals surface area contributed by atoms with Crippen LogP contribution in [0.4, 0.5) is 8.78 Å². The third-order valence-corrected chi connectivity index (χ3v) is 4.59. The third-order valence-electron chi connectivity index (χ3n) is 4.59. The number of aliphatic carboxylic acids is 2. The molecule has 0 radical (unpaired) electrons. The molecule has 0 spiro atoms.